The molecule has 16 heteroatoms. The predicted molar refractivity (Wildman–Crippen MR) is 180 cm³/mol. The van der Waals surface area contributed by atoms with Crippen molar-refractivity contribution in [3.05, 3.63) is 128 Å². The third-order valence-electron chi connectivity index (χ3n) is 7.77. The number of tetrazole rings is 1. The standard InChI is InChI=1S/C33H31F2N9O4S/c1-41(17-21-7-4-3-5-8-21)18-25-28-30(45)42(15-16-44-37-20-36-40-44)33(47)43(19-24-26(34)9-6-10-27(24)35)31(28)49-29(25)22-11-13-23(14-12-22)38-32(46)39-48-2/h3-14,20H,15-19H2,1-2H3,(H2,38,39,46). The molecule has 0 aliphatic rings. The van der Waals surface area contributed by atoms with Crippen molar-refractivity contribution < 1.29 is 18.4 Å². The van der Waals surface area contributed by atoms with E-state index in [2.05, 4.69) is 31.0 Å². The van der Waals surface area contributed by atoms with Crippen molar-refractivity contribution in [2.45, 2.75) is 32.7 Å². The Hall–Kier alpha value is -5.58. The average Bonchev–Trinajstić information content (AvgIpc) is 3.74. The molecular weight excluding hydrogens is 656 g/mol. The number of carbonyl (C=O) groups excluding carboxylic acids is 1. The zero-order valence-corrected chi connectivity index (χ0v) is 27.3. The van der Waals surface area contributed by atoms with Crippen molar-refractivity contribution in [1.29, 1.82) is 0 Å². The van der Waals surface area contributed by atoms with Gasteiger partial charge in [-0.3, -0.25) is 23.7 Å². The van der Waals surface area contributed by atoms with E-state index in [0.29, 0.717) is 34.8 Å². The summed E-state index contributed by atoms with van der Waals surface area (Å²) in [4.78, 5) is 49.3. The lowest BCUT2D eigenvalue weighted by atomic mass is 10.1. The van der Waals surface area contributed by atoms with Gasteiger partial charge >= 0.3 is 11.7 Å². The highest BCUT2D eigenvalue weighted by molar-refractivity contribution is 7.22. The Morgan fingerprint density at radius 3 is 2.33 bits per heavy atom. The maximum Gasteiger partial charge on any atom is 0.343 e. The number of nitrogens with zero attached hydrogens (tertiary/aromatic N) is 7. The quantitative estimate of drug-likeness (QED) is 0.182. The lowest BCUT2D eigenvalue weighted by molar-refractivity contribution is 0.114. The van der Waals surface area contributed by atoms with Crippen LogP contribution in [0.4, 0.5) is 19.3 Å². The highest BCUT2D eigenvalue weighted by Gasteiger charge is 2.25. The minimum absolute atomic E-state index is 0.0556. The molecule has 0 unspecified atom stereocenters. The van der Waals surface area contributed by atoms with Crippen LogP contribution in [0.1, 0.15) is 16.7 Å². The summed E-state index contributed by atoms with van der Waals surface area (Å²) in [5.74, 6) is -1.63. The average molecular weight is 688 g/mol. The first-order valence-electron chi connectivity index (χ1n) is 15.1. The number of hydroxylamine groups is 1. The van der Waals surface area contributed by atoms with E-state index in [1.807, 2.05) is 42.3 Å². The summed E-state index contributed by atoms with van der Waals surface area (Å²) in [5, 5.41) is 14.4. The lowest BCUT2D eigenvalue weighted by Gasteiger charge is -2.18. The maximum absolute atomic E-state index is 15.0. The molecule has 0 atom stereocenters. The summed E-state index contributed by atoms with van der Waals surface area (Å²) in [7, 11) is 3.24. The smallest absolute Gasteiger partial charge is 0.306 e. The molecule has 6 rings (SSSR count). The fourth-order valence-corrected chi connectivity index (χ4v) is 6.84. The van der Waals surface area contributed by atoms with Crippen LogP contribution < -0.4 is 22.0 Å². The molecular formula is C33H31F2N9O4S. The van der Waals surface area contributed by atoms with Crippen LogP contribution in [0.2, 0.25) is 0 Å². The number of nitrogens with one attached hydrogen (secondary N) is 2. The van der Waals surface area contributed by atoms with Crippen LogP contribution in [0.15, 0.2) is 88.7 Å². The first kappa shape index (κ1) is 33.3. The van der Waals surface area contributed by atoms with Crippen LogP contribution in [0.3, 0.4) is 0 Å². The lowest BCUT2D eigenvalue weighted by Crippen LogP contribution is -2.41. The number of benzene rings is 3. The van der Waals surface area contributed by atoms with Crippen LogP contribution in [-0.4, -0.2) is 54.4 Å². The number of halogens is 2. The molecule has 0 spiro atoms. The molecule has 2 N–H and O–H groups in total. The van der Waals surface area contributed by atoms with Crippen molar-refractivity contribution >= 4 is 33.3 Å². The second-order valence-corrected chi connectivity index (χ2v) is 12.1. The number of rotatable bonds is 12. The van der Waals surface area contributed by atoms with Crippen molar-refractivity contribution in [2.24, 2.45) is 0 Å². The number of hydrogen-bond acceptors (Lipinski definition) is 9. The summed E-state index contributed by atoms with van der Waals surface area (Å²) >= 11 is 1.18. The Labute approximate surface area is 281 Å². The van der Waals surface area contributed by atoms with E-state index < -0.39 is 35.5 Å². The third kappa shape index (κ3) is 7.30. The molecule has 0 aliphatic carbocycles. The van der Waals surface area contributed by atoms with E-state index in [9.17, 15) is 23.2 Å². The van der Waals surface area contributed by atoms with Gasteiger partial charge in [0.25, 0.3) is 5.56 Å². The Kier molecular flexibility index (Phi) is 9.98. The van der Waals surface area contributed by atoms with Gasteiger partial charge in [0.1, 0.15) is 16.5 Å². The summed E-state index contributed by atoms with van der Waals surface area (Å²) in [6, 6.07) is 19.7. The number of amides is 2. The third-order valence-corrected chi connectivity index (χ3v) is 9.07. The zero-order valence-electron chi connectivity index (χ0n) is 26.5. The number of urea groups is 1. The zero-order chi connectivity index (χ0) is 34.5. The number of anilines is 1. The molecule has 0 bridgehead atoms. The van der Waals surface area contributed by atoms with E-state index in [1.165, 1.54) is 40.2 Å². The van der Waals surface area contributed by atoms with E-state index in [1.54, 1.807) is 24.3 Å². The molecule has 0 fully saturated rings. The number of aromatic nitrogens is 6. The SMILES string of the molecule is CONC(=O)Nc1ccc(-c2sc3c(c2CN(C)Cc2ccccc2)c(=O)n(CCn2ncnn2)c(=O)n3Cc2c(F)cccc2F)cc1. The van der Waals surface area contributed by atoms with Gasteiger partial charge in [-0.25, -0.2) is 23.9 Å². The molecule has 13 nitrogen and oxygen atoms in total. The molecule has 2 amide bonds. The highest BCUT2D eigenvalue weighted by Crippen LogP contribution is 2.38. The van der Waals surface area contributed by atoms with E-state index in [4.69, 9.17) is 0 Å². The Bertz CT molecular complexity index is 2180. The molecule has 0 saturated heterocycles. The largest absolute Gasteiger partial charge is 0.343 e. The van der Waals surface area contributed by atoms with Crippen molar-refractivity contribution in [3.8, 4) is 10.4 Å². The van der Waals surface area contributed by atoms with Gasteiger partial charge in [-0.2, -0.15) is 4.80 Å². The minimum atomic E-state index is -0.815. The number of thiophene rings is 1. The Morgan fingerprint density at radius 2 is 1.65 bits per heavy atom. The molecule has 49 heavy (non-hydrogen) atoms. The Morgan fingerprint density at radius 1 is 0.918 bits per heavy atom. The van der Waals surface area contributed by atoms with Gasteiger partial charge in [-0.1, -0.05) is 48.5 Å². The van der Waals surface area contributed by atoms with Crippen LogP contribution in [0, 0.1) is 11.6 Å². The molecule has 0 saturated carbocycles. The van der Waals surface area contributed by atoms with Crippen molar-refractivity contribution in [1.82, 2.24) is 39.7 Å². The van der Waals surface area contributed by atoms with Crippen molar-refractivity contribution in [2.75, 3.05) is 19.5 Å². The summed E-state index contributed by atoms with van der Waals surface area (Å²) in [6.45, 7) is 0.346. The highest BCUT2D eigenvalue weighted by atomic mass is 32.1. The number of aryl methyl sites for hydroxylation is 1. The molecule has 3 heterocycles. The van der Waals surface area contributed by atoms with Gasteiger partial charge in [0.2, 0.25) is 0 Å². The van der Waals surface area contributed by atoms with Crippen LogP contribution >= 0.6 is 11.3 Å². The summed E-state index contributed by atoms with van der Waals surface area (Å²) in [6.07, 6.45) is 1.24. The number of fused-ring (bicyclic) bond motifs is 1. The molecule has 3 aromatic carbocycles. The molecule has 3 aromatic heterocycles. The van der Waals surface area contributed by atoms with Crippen LogP contribution in [-0.2, 0) is 37.6 Å². The second kappa shape index (κ2) is 14.7. The second-order valence-electron chi connectivity index (χ2n) is 11.1. The number of hydrogen-bond donors (Lipinski definition) is 2. The van der Waals surface area contributed by atoms with Crippen LogP contribution in [0.5, 0.6) is 0 Å². The monoisotopic (exact) mass is 687 g/mol. The van der Waals surface area contributed by atoms with Gasteiger partial charge in [-0.05, 0) is 53.2 Å². The van der Waals surface area contributed by atoms with Gasteiger partial charge in [-0.15, -0.1) is 21.5 Å². The van der Waals surface area contributed by atoms with Gasteiger partial charge in [0.15, 0.2) is 6.33 Å². The van der Waals surface area contributed by atoms with Crippen LogP contribution in [0.25, 0.3) is 20.7 Å². The summed E-state index contributed by atoms with van der Waals surface area (Å²) in [5.41, 5.74) is 3.48. The number of carbonyl (C=O) groups is 1. The topological polar surface area (TPSA) is 141 Å². The van der Waals surface area contributed by atoms with Gasteiger partial charge in [0.05, 0.1) is 32.1 Å². The summed E-state index contributed by atoms with van der Waals surface area (Å²) < 4.78 is 32.3. The Balaban J connectivity index is 1.53. The molecule has 6 aromatic rings. The van der Waals surface area contributed by atoms with E-state index in [-0.39, 0.29) is 28.9 Å². The normalized spacial score (nSPS) is 11.4. The molecule has 0 radical (unpaired) electrons. The first-order valence-corrected chi connectivity index (χ1v) is 15.9. The first-order chi connectivity index (χ1) is 23.7. The van der Waals surface area contributed by atoms with Gasteiger partial charge in [0, 0.05) is 29.2 Å². The fraction of sp³-hybridized carbons (Fsp3) is 0.212. The van der Waals surface area contributed by atoms with E-state index >= 15 is 0 Å². The predicted octanol–water partition coefficient (Wildman–Crippen LogP) is 4.22. The fourth-order valence-electron chi connectivity index (χ4n) is 5.53. The molecule has 252 valence electrons. The van der Waals surface area contributed by atoms with Crippen molar-refractivity contribution in [3.63, 3.8) is 0 Å². The van der Waals surface area contributed by atoms with E-state index in [0.717, 1.165) is 22.3 Å². The van der Waals surface area contributed by atoms with Gasteiger partial charge < -0.3 is 5.32 Å². The maximum atomic E-state index is 15.0. The molecule has 0 aliphatic heterocycles. The minimum Gasteiger partial charge on any atom is -0.306 e.